The molecule has 0 bridgehead atoms. The Balaban J connectivity index is 1.81. The summed E-state index contributed by atoms with van der Waals surface area (Å²) in [4.78, 5) is 27.9. The van der Waals surface area contributed by atoms with Crippen molar-refractivity contribution in [2.75, 3.05) is 24.6 Å². The lowest BCUT2D eigenvalue weighted by atomic mass is 10.1. The molecule has 0 unspecified atom stereocenters. The Labute approximate surface area is 185 Å². The number of hydrogen-bond acceptors (Lipinski definition) is 6. The third kappa shape index (κ3) is 3.93. The molecule has 2 aliphatic heterocycles. The molecule has 2 heterocycles. The van der Waals surface area contributed by atoms with E-state index in [9.17, 15) is 18.0 Å². The van der Waals surface area contributed by atoms with Crippen LogP contribution in [0.3, 0.4) is 0 Å². The first-order valence-electron chi connectivity index (χ1n) is 9.95. The zero-order valence-electron chi connectivity index (χ0n) is 16.9. The molecule has 0 aromatic heterocycles. The molecule has 4 rings (SSSR count). The fraction of sp³-hybridized carbons (Fsp3) is 0.273. The molecular weight excluding hydrogens is 440 g/mol. The zero-order chi connectivity index (χ0) is 22.2. The van der Waals surface area contributed by atoms with E-state index in [4.69, 9.17) is 16.3 Å². The number of likely N-dealkylation sites (tertiary alicyclic amines) is 1. The van der Waals surface area contributed by atoms with Crippen molar-refractivity contribution in [3.8, 4) is 0 Å². The molecule has 0 saturated carbocycles. The maximum Gasteiger partial charge on any atom is 0.338 e. The van der Waals surface area contributed by atoms with Gasteiger partial charge in [0.1, 0.15) is 0 Å². The summed E-state index contributed by atoms with van der Waals surface area (Å²) in [6.45, 7) is 3.06. The van der Waals surface area contributed by atoms with Gasteiger partial charge < -0.3 is 14.5 Å². The van der Waals surface area contributed by atoms with Gasteiger partial charge in [0.2, 0.25) is 9.84 Å². The second-order valence-electron chi connectivity index (χ2n) is 7.25. The number of hydrogen-bond donors (Lipinski definition) is 0. The number of carbonyl (C=O) groups is 2. The van der Waals surface area contributed by atoms with Crippen LogP contribution in [0.1, 0.15) is 30.1 Å². The van der Waals surface area contributed by atoms with Gasteiger partial charge in [-0.05, 0) is 62.2 Å². The van der Waals surface area contributed by atoms with Crippen molar-refractivity contribution in [1.29, 1.82) is 0 Å². The van der Waals surface area contributed by atoms with Crippen molar-refractivity contribution in [3.63, 3.8) is 0 Å². The van der Waals surface area contributed by atoms with Crippen LogP contribution in [0, 0.1) is 0 Å². The predicted octanol–water partition coefficient (Wildman–Crippen LogP) is 3.91. The lowest BCUT2D eigenvalue weighted by Crippen LogP contribution is -2.35. The minimum absolute atomic E-state index is 0.0106. The Morgan fingerprint density at radius 3 is 2.39 bits per heavy atom. The van der Waals surface area contributed by atoms with Crippen LogP contribution in [0.5, 0.6) is 0 Å². The van der Waals surface area contributed by atoms with Gasteiger partial charge in [-0.2, -0.15) is 0 Å². The first-order valence-corrected chi connectivity index (χ1v) is 11.8. The smallest absolute Gasteiger partial charge is 0.338 e. The number of anilines is 2. The summed E-state index contributed by atoms with van der Waals surface area (Å²) < 4.78 is 31.5. The molecule has 0 aliphatic carbocycles. The molecular formula is C22H21ClN2O5S. The first kappa shape index (κ1) is 21.4. The molecule has 1 fully saturated rings. The van der Waals surface area contributed by atoms with E-state index in [1.807, 2.05) is 0 Å². The van der Waals surface area contributed by atoms with Gasteiger partial charge >= 0.3 is 5.97 Å². The largest absolute Gasteiger partial charge is 0.462 e. The molecule has 2 aromatic rings. The number of carbonyl (C=O) groups excluding carboxylic acids is 2. The highest BCUT2D eigenvalue weighted by Gasteiger charge is 2.38. The molecule has 1 amide bonds. The SMILES string of the molecule is CCOC(=O)c1ccc(N2C=C(C(=O)N3CCCC3)S(=O)(=O)c3ccc(Cl)cc32)cc1. The lowest BCUT2D eigenvalue weighted by Gasteiger charge is -2.30. The van der Waals surface area contributed by atoms with Crippen molar-refractivity contribution in [3.05, 3.63) is 64.2 Å². The van der Waals surface area contributed by atoms with Gasteiger partial charge in [-0.1, -0.05) is 11.6 Å². The number of esters is 1. The number of ether oxygens (including phenoxy) is 1. The van der Waals surface area contributed by atoms with Crippen molar-refractivity contribution in [1.82, 2.24) is 4.90 Å². The quantitative estimate of drug-likeness (QED) is 0.643. The first-order chi connectivity index (χ1) is 14.8. The van der Waals surface area contributed by atoms with Gasteiger partial charge in [-0.25, -0.2) is 13.2 Å². The third-order valence-electron chi connectivity index (χ3n) is 5.27. The van der Waals surface area contributed by atoms with Crippen LogP contribution in [0.2, 0.25) is 5.02 Å². The minimum atomic E-state index is -4.01. The molecule has 1 saturated heterocycles. The monoisotopic (exact) mass is 460 g/mol. The van der Waals surface area contributed by atoms with Crippen LogP contribution in [-0.4, -0.2) is 44.9 Å². The molecule has 0 radical (unpaired) electrons. The zero-order valence-corrected chi connectivity index (χ0v) is 18.4. The van der Waals surface area contributed by atoms with Gasteiger partial charge in [-0.15, -0.1) is 0 Å². The second kappa shape index (κ2) is 8.36. The Morgan fingerprint density at radius 1 is 1.06 bits per heavy atom. The molecule has 2 aromatic carbocycles. The number of nitrogens with zero attached hydrogens (tertiary/aromatic N) is 2. The molecule has 0 N–H and O–H groups in total. The number of benzene rings is 2. The number of rotatable bonds is 4. The molecule has 9 heteroatoms. The lowest BCUT2D eigenvalue weighted by molar-refractivity contribution is -0.125. The predicted molar refractivity (Wildman–Crippen MR) is 117 cm³/mol. The van der Waals surface area contributed by atoms with Gasteiger partial charge in [0.25, 0.3) is 5.91 Å². The topological polar surface area (TPSA) is 84.0 Å². The Kier molecular flexibility index (Phi) is 5.77. The van der Waals surface area contributed by atoms with Gasteiger partial charge in [0, 0.05) is 30.0 Å². The highest BCUT2D eigenvalue weighted by Crippen LogP contribution is 2.41. The van der Waals surface area contributed by atoms with Crippen LogP contribution in [0.4, 0.5) is 11.4 Å². The van der Waals surface area contributed by atoms with Crippen LogP contribution in [0.25, 0.3) is 0 Å². The highest BCUT2D eigenvalue weighted by atomic mass is 35.5. The van der Waals surface area contributed by atoms with Crippen LogP contribution in [0.15, 0.2) is 58.5 Å². The van der Waals surface area contributed by atoms with Crippen LogP contribution >= 0.6 is 11.6 Å². The van der Waals surface area contributed by atoms with Crippen molar-refractivity contribution < 1.29 is 22.7 Å². The van der Waals surface area contributed by atoms with Crippen molar-refractivity contribution >= 4 is 44.7 Å². The minimum Gasteiger partial charge on any atom is -0.462 e. The Hall–Kier alpha value is -2.84. The Morgan fingerprint density at radius 2 is 1.74 bits per heavy atom. The summed E-state index contributed by atoms with van der Waals surface area (Å²) in [6.07, 6.45) is 3.04. The number of halogens is 1. The molecule has 31 heavy (non-hydrogen) atoms. The summed E-state index contributed by atoms with van der Waals surface area (Å²) in [5.41, 5.74) is 1.30. The van der Waals surface area contributed by atoms with E-state index in [1.165, 1.54) is 18.3 Å². The normalized spacial score (nSPS) is 17.2. The van der Waals surface area contributed by atoms with Crippen LogP contribution in [-0.2, 0) is 19.4 Å². The average molecular weight is 461 g/mol. The number of sulfone groups is 1. The van der Waals surface area contributed by atoms with Crippen molar-refractivity contribution in [2.24, 2.45) is 0 Å². The molecule has 2 aliphatic rings. The van der Waals surface area contributed by atoms with Gasteiger partial charge in [-0.3, -0.25) is 4.79 Å². The molecule has 0 spiro atoms. The van der Waals surface area contributed by atoms with E-state index in [1.54, 1.807) is 47.1 Å². The fourth-order valence-electron chi connectivity index (χ4n) is 3.71. The summed E-state index contributed by atoms with van der Waals surface area (Å²) in [6, 6.07) is 11.0. The number of amides is 1. The maximum absolute atomic E-state index is 13.3. The maximum atomic E-state index is 13.3. The highest BCUT2D eigenvalue weighted by molar-refractivity contribution is 7.96. The van der Waals surface area contributed by atoms with Crippen molar-refractivity contribution in [2.45, 2.75) is 24.7 Å². The van der Waals surface area contributed by atoms with E-state index < -0.39 is 21.7 Å². The summed E-state index contributed by atoms with van der Waals surface area (Å²) in [5.74, 6) is -0.953. The van der Waals surface area contributed by atoms with E-state index >= 15 is 0 Å². The van der Waals surface area contributed by atoms with Gasteiger partial charge in [0.05, 0.1) is 22.8 Å². The summed E-state index contributed by atoms with van der Waals surface area (Å²) >= 11 is 6.15. The van der Waals surface area contributed by atoms with Crippen LogP contribution < -0.4 is 4.90 Å². The molecule has 162 valence electrons. The number of fused-ring (bicyclic) bond motifs is 1. The molecule has 7 nitrogen and oxygen atoms in total. The van der Waals surface area contributed by atoms with E-state index in [0.29, 0.717) is 35.1 Å². The van der Waals surface area contributed by atoms with Gasteiger partial charge in [0.15, 0.2) is 4.91 Å². The third-order valence-corrected chi connectivity index (χ3v) is 7.28. The van der Waals surface area contributed by atoms with E-state index in [2.05, 4.69) is 0 Å². The molecule has 0 atom stereocenters. The van der Waals surface area contributed by atoms with E-state index in [0.717, 1.165) is 12.8 Å². The van der Waals surface area contributed by atoms with E-state index in [-0.39, 0.29) is 16.4 Å². The summed E-state index contributed by atoms with van der Waals surface area (Å²) in [7, 11) is -4.01. The Bertz CT molecular complexity index is 1170. The fourth-order valence-corrected chi connectivity index (χ4v) is 5.40. The average Bonchev–Trinajstić information content (AvgIpc) is 3.28. The second-order valence-corrected chi connectivity index (χ2v) is 9.57. The summed E-state index contributed by atoms with van der Waals surface area (Å²) in [5, 5.41) is 0.366. The standard InChI is InChI=1S/C22H21ClN2O5S/c1-2-30-22(27)15-5-8-17(9-6-15)25-14-20(21(26)24-11-3-4-12-24)31(28,29)19-10-7-16(23)13-18(19)25/h5-10,13-14H,2-4,11-12H2,1H3.